The Balaban J connectivity index is 2.22. The van der Waals surface area contributed by atoms with Crippen LogP contribution < -0.4 is 0 Å². The van der Waals surface area contributed by atoms with E-state index in [4.69, 9.17) is 0 Å². The van der Waals surface area contributed by atoms with Gasteiger partial charge in [-0.2, -0.15) is 0 Å². The van der Waals surface area contributed by atoms with Crippen LogP contribution in [0.2, 0.25) is 0 Å². The van der Waals surface area contributed by atoms with Crippen molar-refractivity contribution >= 4 is 15.9 Å². The second-order valence-electron chi connectivity index (χ2n) is 4.61. The van der Waals surface area contributed by atoms with Gasteiger partial charge in [0.1, 0.15) is 0 Å². The zero-order chi connectivity index (χ0) is 11.3. The Morgan fingerprint density at radius 1 is 1.33 bits per heavy atom. The molecule has 1 heterocycles. The predicted octanol–water partition coefficient (Wildman–Crippen LogP) is 2.43. The second-order valence-corrected chi connectivity index (χ2v) is 5.79. The van der Waals surface area contributed by atoms with Gasteiger partial charge in [0.2, 0.25) is 0 Å². The molecule has 0 aromatic carbocycles. The van der Waals surface area contributed by atoms with Crippen molar-refractivity contribution in [1.29, 1.82) is 0 Å². The number of hydrogen-bond acceptors (Lipinski definition) is 2. The quantitative estimate of drug-likeness (QED) is 0.712. The van der Waals surface area contributed by atoms with Gasteiger partial charge in [0.15, 0.2) is 0 Å². The number of alkyl halides is 1. The summed E-state index contributed by atoms with van der Waals surface area (Å²) in [5, 5.41) is 0. The smallest absolute Gasteiger partial charge is 0.0195 e. The normalized spacial score (nSPS) is 28.6. The van der Waals surface area contributed by atoms with E-state index in [2.05, 4.69) is 46.5 Å². The largest absolute Gasteiger partial charge is 0.303 e. The topological polar surface area (TPSA) is 6.48 Å². The molecule has 1 fully saturated rings. The molecule has 0 saturated carbocycles. The van der Waals surface area contributed by atoms with E-state index in [0.717, 1.165) is 10.7 Å². The minimum Gasteiger partial charge on any atom is -0.303 e. The Hall–Kier alpha value is 0.400. The van der Waals surface area contributed by atoms with Crippen LogP contribution >= 0.6 is 15.9 Å². The van der Waals surface area contributed by atoms with Gasteiger partial charge >= 0.3 is 0 Å². The highest BCUT2D eigenvalue weighted by molar-refractivity contribution is 9.09. The second kappa shape index (κ2) is 6.87. The molecule has 0 aromatic rings. The Morgan fingerprint density at radius 2 is 2.00 bits per heavy atom. The molecule has 2 nitrogen and oxygen atoms in total. The molecule has 0 amide bonds. The molecule has 90 valence electrons. The minimum atomic E-state index is 0.738. The Labute approximate surface area is 103 Å². The maximum absolute atomic E-state index is 3.75. The number of nitrogens with zero attached hydrogens (tertiary/aromatic N) is 2. The fourth-order valence-electron chi connectivity index (χ4n) is 2.23. The van der Waals surface area contributed by atoms with E-state index in [1.54, 1.807) is 0 Å². The third-order valence-corrected chi connectivity index (χ3v) is 4.87. The van der Waals surface area contributed by atoms with Crippen molar-refractivity contribution in [2.45, 2.75) is 32.0 Å². The van der Waals surface area contributed by atoms with Gasteiger partial charge in [0, 0.05) is 24.5 Å². The SMILES string of the molecule is CCN(CC)CCN1CCC(Br)C(C)C1. The molecule has 3 heteroatoms. The summed E-state index contributed by atoms with van der Waals surface area (Å²) in [6.45, 7) is 14.2. The number of rotatable bonds is 5. The molecule has 2 unspecified atom stereocenters. The van der Waals surface area contributed by atoms with Crippen LogP contribution in [0.3, 0.4) is 0 Å². The lowest BCUT2D eigenvalue weighted by molar-refractivity contribution is 0.163. The van der Waals surface area contributed by atoms with Gasteiger partial charge in [0.05, 0.1) is 0 Å². The van der Waals surface area contributed by atoms with Crippen LogP contribution in [0, 0.1) is 5.92 Å². The maximum Gasteiger partial charge on any atom is 0.0195 e. The molecule has 0 radical (unpaired) electrons. The molecule has 0 N–H and O–H groups in total. The van der Waals surface area contributed by atoms with Gasteiger partial charge in [-0.3, -0.25) is 0 Å². The van der Waals surface area contributed by atoms with Crippen molar-refractivity contribution in [3.8, 4) is 0 Å². The van der Waals surface area contributed by atoms with Crippen molar-refractivity contribution in [2.75, 3.05) is 39.3 Å². The number of piperidine rings is 1. The molecule has 1 rings (SSSR count). The zero-order valence-corrected chi connectivity index (χ0v) is 12.0. The third-order valence-electron chi connectivity index (χ3n) is 3.51. The van der Waals surface area contributed by atoms with E-state index in [1.807, 2.05) is 0 Å². The van der Waals surface area contributed by atoms with Crippen LogP contribution in [0.25, 0.3) is 0 Å². The van der Waals surface area contributed by atoms with Crippen LogP contribution in [0.5, 0.6) is 0 Å². The van der Waals surface area contributed by atoms with Gasteiger partial charge in [-0.1, -0.05) is 36.7 Å². The van der Waals surface area contributed by atoms with E-state index in [9.17, 15) is 0 Å². The number of likely N-dealkylation sites (tertiary alicyclic amines) is 1. The summed E-state index contributed by atoms with van der Waals surface area (Å²) < 4.78 is 0. The van der Waals surface area contributed by atoms with Gasteiger partial charge in [0.25, 0.3) is 0 Å². The summed E-state index contributed by atoms with van der Waals surface area (Å²) in [5.74, 6) is 0.801. The van der Waals surface area contributed by atoms with Gasteiger partial charge in [-0.05, 0) is 32.0 Å². The van der Waals surface area contributed by atoms with Crippen molar-refractivity contribution in [3.63, 3.8) is 0 Å². The molecule has 1 aliphatic rings. The highest BCUT2D eigenvalue weighted by Gasteiger charge is 2.23. The van der Waals surface area contributed by atoms with E-state index in [1.165, 1.54) is 45.7 Å². The maximum atomic E-state index is 3.75. The Morgan fingerprint density at radius 3 is 2.53 bits per heavy atom. The Kier molecular flexibility index (Phi) is 6.17. The number of likely N-dealkylation sites (N-methyl/N-ethyl adjacent to an activating group) is 1. The van der Waals surface area contributed by atoms with E-state index in [-0.39, 0.29) is 0 Å². The summed E-state index contributed by atoms with van der Waals surface area (Å²) in [6.07, 6.45) is 1.30. The van der Waals surface area contributed by atoms with Gasteiger partial charge in [-0.15, -0.1) is 0 Å². The Bertz CT molecular complexity index is 171. The molecule has 1 aliphatic heterocycles. The highest BCUT2D eigenvalue weighted by Crippen LogP contribution is 2.22. The first-order valence-electron chi connectivity index (χ1n) is 6.26. The van der Waals surface area contributed by atoms with Crippen LogP contribution in [0.4, 0.5) is 0 Å². The molecule has 1 saturated heterocycles. The molecule has 0 aromatic heterocycles. The molecule has 0 spiro atoms. The van der Waals surface area contributed by atoms with Crippen LogP contribution in [0.1, 0.15) is 27.2 Å². The summed E-state index contributed by atoms with van der Waals surface area (Å²) in [5.41, 5.74) is 0. The molecule has 0 bridgehead atoms. The first kappa shape index (κ1) is 13.5. The number of hydrogen-bond donors (Lipinski definition) is 0. The third kappa shape index (κ3) is 4.41. The molecule has 15 heavy (non-hydrogen) atoms. The minimum absolute atomic E-state index is 0.738. The van der Waals surface area contributed by atoms with Crippen molar-refractivity contribution in [1.82, 2.24) is 9.80 Å². The summed E-state index contributed by atoms with van der Waals surface area (Å²) in [4.78, 5) is 5.85. The standard InChI is InChI=1S/C12H25BrN2/c1-4-14(5-2)8-9-15-7-6-12(13)11(3)10-15/h11-12H,4-10H2,1-3H3. The van der Waals surface area contributed by atoms with Crippen LogP contribution in [-0.2, 0) is 0 Å². The fourth-order valence-corrected chi connectivity index (χ4v) is 2.60. The molecular weight excluding hydrogens is 252 g/mol. The van der Waals surface area contributed by atoms with Crippen LogP contribution in [0.15, 0.2) is 0 Å². The summed E-state index contributed by atoms with van der Waals surface area (Å²) >= 11 is 3.75. The van der Waals surface area contributed by atoms with Crippen molar-refractivity contribution in [2.24, 2.45) is 5.92 Å². The lowest BCUT2D eigenvalue weighted by atomic mass is 10.0. The van der Waals surface area contributed by atoms with Crippen LogP contribution in [-0.4, -0.2) is 53.9 Å². The molecule has 2 atom stereocenters. The average molecular weight is 277 g/mol. The van der Waals surface area contributed by atoms with E-state index >= 15 is 0 Å². The zero-order valence-electron chi connectivity index (χ0n) is 10.4. The first-order chi connectivity index (χ1) is 7.17. The van der Waals surface area contributed by atoms with Gasteiger partial charge in [-0.25, -0.2) is 0 Å². The van der Waals surface area contributed by atoms with Gasteiger partial charge < -0.3 is 9.80 Å². The molecular formula is C12H25BrN2. The van der Waals surface area contributed by atoms with Crippen molar-refractivity contribution in [3.05, 3.63) is 0 Å². The van der Waals surface area contributed by atoms with Crippen molar-refractivity contribution < 1.29 is 0 Å². The fraction of sp³-hybridized carbons (Fsp3) is 1.00. The first-order valence-corrected chi connectivity index (χ1v) is 7.17. The highest BCUT2D eigenvalue weighted by atomic mass is 79.9. The monoisotopic (exact) mass is 276 g/mol. The lowest BCUT2D eigenvalue weighted by Crippen LogP contribution is -2.43. The average Bonchev–Trinajstić information content (AvgIpc) is 2.24. The number of halogens is 1. The summed E-state index contributed by atoms with van der Waals surface area (Å²) in [7, 11) is 0. The van der Waals surface area contributed by atoms with E-state index in [0.29, 0.717) is 0 Å². The summed E-state index contributed by atoms with van der Waals surface area (Å²) in [6, 6.07) is 0. The predicted molar refractivity (Wildman–Crippen MR) is 70.7 cm³/mol. The molecule has 0 aliphatic carbocycles. The van der Waals surface area contributed by atoms with E-state index < -0.39 is 0 Å². The lowest BCUT2D eigenvalue weighted by Gasteiger charge is -2.35.